The highest BCUT2D eigenvalue weighted by Crippen LogP contribution is 2.29. The van der Waals surface area contributed by atoms with Gasteiger partial charge < -0.3 is 15.0 Å². The molecule has 1 aromatic heterocycles. The van der Waals surface area contributed by atoms with Gasteiger partial charge in [-0.2, -0.15) is 0 Å². The molecule has 0 amide bonds. The monoisotopic (exact) mass is 273 g/mol. The minimum absolute atomic E-state index is 0.0367. The number of nitrogens with zero attached hydrogens (tertiary/aromatic N) is 2. The zero-order valence-electron chi connectivity index (χ0n) is 10.2. The first kappa shape index (κ1) is 12.9. The second kappa shape index (κ2) is 4.27. The molecule has 1 aliphatic rings. The summed E-state index contributed by atoms with van der Waals surface area (Å²) >= 11 is 0. The fraction of sp³-hybridized carbons (Fsp3) is 0.600. The smallest absolute Gasteiger partial charge is 0.360 e. The molecule has 7 nitrogen and oxygen atoms in total. The SMILES string of the molecule is COC(=O)c1nc(C)n(C2CCS(=O)(=O)C2)c1N. The lowest BCUT2D eigenvalue weighted by Crippen LogP contribution is -2.15. The molecule has 1 saturated heterocycles. The Bertz CT molecular complexity index is 591. The molecule has 1 aromatic rings. The van der Waals surface area contributed by atoms with Crippen LogP contribution >= 0.6 is 0 Å². The van der Waals surface area contributed by atoms with E-state index < -0.39 is 15.8 Å². The molecule has 18 heavy (non-hydrogen) atoms. The van der Waals surface area contributed by atoms with Gasteiger partial charge in [-0.3, -0.25) is 0 Å². The number of nitrogen functional groups attached to an aromatic ring is 1. The van der Waals surface area contributed by atoms with Crippen LogP contribution in [0, 0.1) is 6.92 Å². The largest absolute Gasteiger partial charge is 0.464 e. The number of hydrogen-bond donors (Lipinski definition) is 1. The molecule has 2 N–H and O–H groups in total. The third-order valence-corrected chi connectivity index (χ3v) is 4.83. The number of imidazole rings is 1. The first-order valence-electron chi connectivity index (χ1n) is 5.48. The number of methoxy groups -OCH3 is 1. The van der Waals surface area contributed by atoms with Crippen LogP contribution in [-0.2, 0) is 14.6 Å². The van der Waals surface area contributed by atoms with Gasteiger partial charge in [-0.1, -0.05) is 0 Å². The highest BCUT2D eigenvalue weighted by Gasteiger charge is 2.32. The van der Waals surface area contributed by atoms with Crippen LogP contribution in [0.15, 0.2) is 0 Å². The number of carbonyl (C=O) groups excluding carboxylic acids is 1. The summed E-state index contributed by atoms with van der Waals surface area (Å²) in [4.78, 5) is 15.5. The molecule has 0 aromatic carbocycles. The normalized spacial score (nSPS) is 22.0. The van der Waals surface area contributed by atoms with Gasteiger partial charge in [0.05, 0.1) is 24.7 Å². The summed E-state index contributed by atoms with van der Waals surface area (Å²) in [5, 5.41) is 0. The molecule has 1 atom stereocenters. The maximum Gasteiger partial charge on any atom is 0.360 e. The summed E-state index contributed by atoms with van der Waals surface area (Å²) in [5.41, 5.74) is 5.89. The fourth-order valence-electron chi connectivity index (χ4n) is 2.25. The standard InChI is InChI=1S/C10H15N3O4S/c1-6-12-8(10(14)17-2)9(11)13(6)7-3-4-18(15,16)5-7/h7H,3-5,11H2,1-2H3. The van der Waals surface area contributed by atoms with Gasteiger partial charge in [0.25, 0.3) is 0 Å². The average Bonchev–Trinajstić information content (AvgIpc) is 2.78. The van der Waals surface area contributed by atoms with Gasteiger partial charge in [-0.15, -0.1) is 0 Å². The molecule has 1 fully saturated rings. The van der Waals surface area contributed by atoms with E-state index in [2.05, 4.69) is 9.72 Å². The minimum Gasteiger partial charge on any atom is -0.464 e. The molecule has 0 aliphatic carbocycles. The van der Waals surface area contributed by atoms with Crippen molar-refractivity contribution in [2.45, 2.75) is 19.4 Å². The molecule has 2 heterocycles. The maximum atomic E-state index is 11.5. The number of nitrogens with two attached hydrogens (primary N) is 1. The number of aryl methyl sites for hydroxylation is 1. The average molecular weight is 273 g/mol. The van der Waals surface area contributed by atoms with E-state index in [4.69, 9.17) is 5.73 Å². The zero-order chi connectivity index (χ0) is 13.5. The van der Waals surface area contributed by atoms with Crippen molar-refractivity contribution >= 4 is 21.6 Å². The molecule has 2 rings (SSSR count). The van der Waals surface area contributed by atoms with E-state index in [1.807, 2.05) is 0 Å². The summed E-state index contributed by atoms with van der Waals surface area (Å²) in [6.07, 6.45) is 0.490. The van der Waals surface area contributed by atoms with Gasteiger partial charge in [0.1, 0.15) is 11.6 Å². The topological polar surface area (TPSA) is 104 Å². The molecular weight excluding hydrogens is 258 g/mol. The number of anilines is 1. The van der Waals surface area contributed by atoms with Crippen LogP contribution in [0.2, 0.25) is 0 Å². The molecule has 0 radical (unpaired) electrons. The summed E-state index contributed by atoms with van der Waals surface area (Å²) in [6.45, 7) is 1.69. The second-order valence-corrected chi connectivity index (χ2v) is 6.54. The molecule has 1 aliphatic heterocycles. The summed E-state index contributed by atoms with van der Waals surface area (Å²) < 4.78 is 29.1. The number of rotatable bonds is 2. The van der Waals surface area contributed by atoms with Crippen molar-refractivity contribution in [2.24, 2.45) is 0 Å². The Morgan fingerprint density at radius 1 is 1.56 bits per heavy atom. The van der Waals surface area contributed by atoms with Gasteiger partial charge in [-0.25, -0.2) is 18.2 Å². The number of aromatic nitrogens is 2. The molecule has 1 unspecified atom stereocenters. The van der Waals surface area contributed by atoms with Crippen molar-refractivity contribution in [3.8, 4) is 0 Å². The van der Waals surface area contributed by atoms with Gasteiger partial charge in [-0.05, 0) is 13.3 Å². The van der Waals surface area contributed by atoms with Crippen LogP contribution in [0.5, 0.6) is 0 Å². The van der Waals surface area contributed by atoms with Gasteiger partial charge in [0, 0.05) is 0 Å². The van der Waals surface area contributed by atoms with Crippen LogP contribution < -0.4 is 5.73 Å². The number of hydrogen-bond acceptors (Lipinski definition) is 6. The van der Waals surface area contributed by atoms with Crippen molar-refractivity contribution in [3.63, 3.8) is 0 Å². The summed E-state index contributed by atoms with van der Waals surface area (Å²) in [7, 11) is -1.77. The van der Waals surface area contributed by atoms with Gasteiger partial charge in [0.2, 0.25) is 0 Å². The second-order valence-electron chi connectivity index (χ2n) is 4.31. The molecule has 0 saturated carbocycles. The van der Waals surface area contributed by atoms with Crippen LogP contribution in [0.4, 0.5) is 5.82 Å². The lowest BCUT2D eigenvalue weighted by molar-refractivity contribution is 0.0595. The van der Waals surface area contributed by atoms with Crippen LogP contribution in [0.1, 0.15) is 28.8 Å². The molecule has 0 bridgehead atoms. The quantitative estimate of drug-likeness (QED) is 0.756. The maximum absolute atomic E-state index is 11.5. The number of esters is 1. The molecular formula is C10H15N3O4S. The van der Waals surface area contributed by atoms with E-state index in [-0.39, 0.29) is 29.1 Å². The van der Waals surface area contributed by atoms with E-state index in [1.54, 1.807) is 11.5 Å². The minimum atomic E-state index is -3.01. The fourth-order valence-corrected chi connectivity index (χ4v) is 3.95. The predicted molar refractivity (Wildman–Crippen MR) is 65.0 cm³/mol. The van der Waals surface area contributed by atoms with E-state index in [0.29, 0.717) is 12.2 Å². The lowest BCUT2D eigenvalue weighted by atomic mass is 10.2. The van der Waals surface area contributed by atoms with Crippen LogP contribution in [0.3, 0.4) is 0 Å². The third-order valence-electron chi connectivity index (χ3n) is 3.08. The van der Waals surface area contributed by atoms with Gasteiger partial charge in [0.15, 0.2) is 15.5 Å². The number of sulfone groups is 1. The van der Waals surface area contributed by atoms with E-state index in [0.717, 1.165) is 0 Å². The predicted octanol–water partition coefficient (Wildman–Crippen LogP) is -0.0801. The Labute approximate surface area is 105 Å². The highest BCUT2D eigenvalue weighted by atomic mass is 32.2. The molecule has 0 spiro atoms. The Kier molecular flexibility index (Phi) is 3.05. The Morgan fingerprint density at radius 2 is 2.22 bits per heavy atom. The molecule has 100 valence electrons. The molecule has 8 heteroatoms. The summed E-state index contributed by atoms with van der Waals surface area (Å²) in [5.74, 6) is 0.253. The van der Waals surface area contributed by atoms with E-state index in [9.17, 15) is 13.2 Å². The summed E-state index contributed by atoms with van der Waals surface area (Å²) in [6, 6.07) is -0.249. The van der Waals surface area contributed by atoms with Crippen molar-refractivity contribution in [1.82, 2.24) is 9.55 Å². The van der Waals surface area contributed by atoms with E-state index >= 15 is 0 Å². The first-order valence-corrected chi connectivity index (χ1v) is 7.31. The van der Waals surface area contributed by atoms with Crippen molar-refractivity contribution < 1.29 is 17.9 Å². The number of carbonyl (C=O) groups is 1. The van der Waals surface area contributed by atoms with Crippen molar-refractivity contribution in [2.75, 3.05) is 24.3 Å². The first-order chi connectivity index (χ1) is 8.35. The highest BCUT2D eigenvalue weighted by molar-refractivity contribution is 7.91. The van der Waals surface area contributed by atoms with Crippen molar-refractivity contribution in [1.29, 1.82) is 0 Å². The van der Waals surface area contributed by atoms with Gasteiger partial charge >= 0.3 is 5.97 Å². The number of ether oxygens (including phenoxy) is 1. The lowest BCUT2D eigenvalue weighted by Gasteiger charge is -2.13. The van der Waals surface area contributed by atoms with Crippen molar-refractivity contribution in [3.05, 3.63) is 11.5 Å². The zero-order valence-corrected chi connectivity index (χ0v) is 11.0. The Balaban J connectivity index is 2.41. The van der Waals surface area contributed by atoms with E-state index in [1.165, 1.54) is 7.11 Å². The Morgan fingerprint density at radius 3 is 2.72 bits per heavy atom. The van der Waals surface area contributed by atoms with Crippen LogP contribution in [0.25, 0.3) is 0 Å². The van der Waals surface area contributed by atoms with Crippen LogP contribution in [-0.4, -0.2) is 42.6 Å². The Hall–Kier alpha value is -1.57. The third kappa shape index (κ3) is 2.07.